The van der Waals surface area contributed by atoms with Crippen molar-refractivity contribution in [3.05, 3.63) is 28.2 Å². The summed E-state index contributed by atoms with van der Waals surface area (Å²) in [6.45, 7) is 2.18. The van der Waals surface area contributed by atoms with E-state index >= 15 is 0 Å². The van der Waals surface area contributed by atoms with Crippen molar-refractivity contribution in [2.75, 3.05) is 6.61 Å². The predicted octanol–water partition coefficient (Wildman–Crippen LogP) is 2.65. The van der Waals surface area contributed by atoms with Crippen molar-refractivity contribution in [2.24, 2.45) is 5.92 Å². The highest BCUT2D eigenvalue weighted by Crippen LogP contribution is 2.38. The first-order valence-corrected chi connectivity index (χ1v) is 5.54. The first-order chi connectivity index (χ1) is 7.09. The normalized spacial score (nSPS) is 24.1. The molecule has 2 atom stereocenters. The molecule has 1 N–H and O–H groups in total. The Kier molecular flexibility index (Phi) is 2.69. The van der Waals surface area contributed by atoms with Crippen molar-refractivity contribution in [1.29, 1.82) is 0 Å². The molecule has 4 heteroatoms. The standard InChI is InChI=1S/C11H11BrO3/c1-6-8-4-7(12)2-3-10(8)15-5-9(6)11(13)14/h2-4,6,9H,5H2,1H3,(H,13,14). The van der Waals surface area contributed by atoms with Crippen LogP contribution in [0.25, 0.3) is 0 Å². The molecule has 2 rings (SSSR count). The van der Waals surface area contributed by atoms with Gasteiger partial charge in [-0.3, -0.25) is 4.79 Å². The molecule has 3 nitrogen and oxygen atoms in total. The van der Waals surface area contributed by atoms with Crippen molar-refractivity contribution in [1.82, 2.24) is 0 Å². The highest BCUT2D eigenvalue weighted by molar-refractivity contribution is 9.10. The summed E-state index contributed by atoms with van der Waals surface area (Å²) in [7, 11) is 0. The number of rotatable bonds is 1. The molecule has 0 bridgehead atoms. The molecule has 2 unspecified atom stereocenters. The molecule has 0 spiro atoms. The Morgan fingerprint density at radius 2 is 2.33 bits per heavy atom. The fourth-order valence-electron chi connectivity index (χ4n) is 1.83. The maximum absolute atomic E-state index is 11.0. The van der Waals surface area contributed by atoms with Gasteiger partial charge in [-0.15, -0.1) is 0 Å². The van der Waals surface area contributed by atoms with Gasteiger partial charge in [0.1, 0.15) is 12.4 Å². The molecule has 0 amide bonds. The summed E-state index contributed by atoms with van der Waals surface area (Å²) >= 11 is 3.37. The zero-order valence-corrected chi connectivity index (χ0v) is 9.82. The molecular weight excluding hydrogens is 260 g/mol. The van der Waals surface area contributed by atoms with Gasteiger partial charge in [0.2, 0.25) is 0 Å². The lowest BCUT2D eigenvalue weighted by Crippen LogP contribution is -2.30. The van der Waals surface area contributed by atoms with Gasteiger partial charge in [-0.25, -0.2) is 0 Å². The number of hydrogen-bond acceptors (Lipinski definition) is 2. The van der Waals surface area contributed by atoms with Crippen LogP contribution < -0.4 is 4.74 Å². The van der Waals surface area contributed by atoms with Crippen LogP contribution >= 0.6 is 15.9 Å². The molecule has 1 aromatic carbocycles. The van der Waals surface area contributed by atoms with Gasteiger partial charge in [-0.1, -0.05) is 22.9 Å². The third kappa shape index (κ3) is 1.86. The summed E-state index contributed by atoms with van der Waals surface area (Å²) in [5, 5.41) is 9.01. The van der Waals surface area contributed by atoms with Crippen molar-refractivity contribution in [2.45, 2.75) is 12.8 Å². The van der Waals surface area contributed by atoms with Crippen LogP contribution in [0.4, 0.5) is 0 Å². The Morgan fingerprint density at radius 3 is 3.00 bits per heavy atom. The summed E-state index contributed by atoms with van der Waals surface area (Å²) in [4.78, 5) is 11.0. The van der Waals surface area contributed by atoms with E-state index in [4.69, 9.17) is 9.84 Å². The molecule has 0 saturated carbocycles. The van der Waals surface area contributed by atoms with Crippen LogP contribution in [0.2, 0.25) is 0 Å². The van der Waals surface area contributed by atoms with E-state index in [0.717, 1.165) is 15.8 Å². The van der Waals surface area contributed by atoms with Gasteiger partial charge in [0.15, 0.2) is 0 Å². The highest BCUT2D eigenvalue weighted by Gasteiger charge is 2.32. The number of benzene rings is 1. The van der Waals surface area contributed by atoms with E-state index in [1.807, 2.05) is 25.1 Å². The van der Waals surface area contributed by atoms with Crippen LogP contribution in [-0.2, 0) is 4.79 Å². The summed E-state index contributed by atoms with van der Waals surface area (Å²) in [5.74, 6) is -0.466. The van der Waals surface area contributed by atoms with Gasteiger partial charge < -0.3 is 9.84 Å². The van der Waals surface area contributed by atoms with Gasteiger partial charge in [0, 0.05) is 10.4 Å². The Labute approximate surface area is 96.2 Å². The Balaban J connectivity index is 2.40. The summed E-state index contributed by atoms with van der Waals surface area (Å²) < 4.78 is 6.37. The minimum atomic E-state index is -0.798. The molecule has 1 aliphatic rings. The minimum Gasteiger partial charge on any atom is -0.492 e. The largest absolute Gasteiger partial charge is 0.492 e. The molecule has 15 heavy (non-hydrogen) atoms. The first-order valence-electron chi connectivity index (χ1n) is 4.74. The number of carboxylic acid groups (broad SMARTS) is 1. The monoisotopic (exact) mass is 270 g/mol. The number of halogens is 1. The van der Waals surface area contributed by atoms with E-state index in [2.05, 4.69) is 15.9 Å². The van der Waals surface area contributed by atoms with Crippen LogP contribution in [0.1, 0.15) is 18.4 Å². The Hall–Kier alpha value is -1.03. The summed E-state index contributed by atoms with van der Waals surface area (Å²) in [6, 6.07) is 5.69. The Bertz CT molecular complexity index is 403. The SMILES string of the molecule is CC1c2cc(Br)ccc2OCC1C(=O)O. The Morgan fingerprint density at radius 1 is 1.60 bits per heavy atom. The molecule has 80 valence electrons. The van der Waals surface area contributed by atoms with Crippen LogP contribution in [0.3, 0.4) is 0 Å². The van der Waals surface area contributed by atoms with E-state index in [1.165, 1.54) is 0 Å². The third-order valence-corrected chi connectivity index (χ3v) is 3.29. The molecule has 0 radical (unpaired) electrons. The van der Waals surface area contributed by atoms with Crippen molar-refractivity contribution in [3.8, 4) is 5.75 Å². The quantitative estimate of drug-likeness (QED) is 0.854. The first kappa shape index (κ1) is 10.5. The molecule has 1 aliphatic heterocycles. The predicted molar refractivity (Wildman–Crippen MR) is 59.2 cm³/mol. The molecule has 0 aliphatic carbocycles. The second kappa shape index (κ2) is 3.85. The van der Waals surface area contributed by atoms with Gasteiger partial charge in [0.05, 0.1) is 5.92 Å². The molecule has 0 aromatic heterocycles. The van der Waals surface area contributed by atoms with E-state index in [9.17, 15) is 4.79 Å². The lowest BCUT2D eigenvalue weighted by atomic mass is 9.86. The smallest absolute Gasteiger partial charge is 0.310 e. The fourth-order valence-corrected chi connectivity index (χ4v) is 2.21. The topological polar surface area (TPSA) is 46.5 Å². The second-order valence-corrected chi connectivity index (χ2v) is 4.64. The number of hydrogen-bond donors (Lipinski definition) is 1. The zero-order chi connectivity index (χ0) is 11.0. The number of ether oxygens (including phenoxy) is 1. The number of carbonyl (C=O) groups is 1. The maximum Gasteiger partial charge on any atom is 0.310 e. The zero-order valence-electron chi connectivity index (χ0n) is 8.24. The molecule has 1 aromatic rings. The van der Waals surface area contributed by atoms with E-state index in [-0.39, 0.29) is 12.5 Å². The van der Waals surface area contributed by atoms with E-state index in [0.29, 0.717) is 0 Å². The van der Waals surface area contributed by atoms with Crippen molar-refractivity contribution in [3.63, 3.8) is 0 Å². The number of aliphatic carboxylic acids is 1. The average Bonchev–Trinajstić information content (AvgIpc) is 2.19. The van der Waals surface area contributed by atoms with Crippen LogP contribution in [0.15, 0.2) is 22.7 Å². The van der Waals surface area contributed by atoms with Gasteiger partial charge in [-0.05, 0) is 23.8 Å². The fraction of sp³-hybridized carbons (Fsp3) is 0.364. The number of carboxylic acids is 1. The van der Waals surface area contributed by atoms with Crippen molar-refractivity contribution >= 4 is 21.9 Å². The molecular formula is C11H11BrO3. The minimum absolute atomic E-state index is 0.0104. The van der Waals surface area contributed by atoms with Gasteiger partial charge in [0.25, 0.3) is 0 Å². The van der Waals surface area contributed by atoms with E-state index < -0.39 is 11.9 Å². The van der Waals surface area contributed by atoms with Crippen molar-refractivity contribution < 1.29 is 14.6 Å². The summed E-state index contributed by atoms with van der Waals surface area (Å²) in [6.07, 6.45) is 0. The summed E-state index contributed by atoms with van der Waals surface area (Å²) in [5.41, 5.74) is 0.961. The lowest BCUT2D eigenvalue weighted by molar-refractivity contribution is -0.144. The van der Waals surface area contributed by atoms with Crippen LogP contribution in [-0.4, -0.2) is 17.7 Å². The lowest BCUT2D eigenvalue weighted by Gasteiger charge is -2.28. The van der Waals surface area contributed by atoms with E-state index in [1.54, 1.807) is 0 Å². The highest BCUT2D eigenvalue weighted by atomic mass is 79.9. The molecule has 0 saturated heterocycles. The second-order valence-electron chi connectivity index (χ2n) is 3.73. The molecule has 1 heterocycles. The average molecular weight is 271 g/mol. The molecule has 0 fully saturated rings. The van der Waals surface area contributed by atoms with Gasteiger partial charge >= 0.3 is 5.97 Å². The maximum atomic E-state index is 11.0. The third-order valence-electron chi connectivity index (χ3n) is 2.80. The van der Waals surface area contributed by atoms with Gasteiger partial charge in [-0.2, -0.15) is 0 Å². The number of fused-ring (bicyclic) bond motifs is 1. The van der Waals surface area contributed by atoms with Crippen LogP contribution in [0, 0.1) is 5.92 Å². The van der Waals surface area contributed by atoms with Crippen LogP contribution in [0.5, 0.6) is 5.75 Å².